The molecule has 1 atom stereocenters. The largest absolute Gasteiger partial charge is 0.314 e. The minimum Gasteiger partial charge on any atom is -0.314 e. The summed E-state index contributed by atoms with van der Waals surface area (Å²) in [5, 5.41) is 3.48. The van der Waals surface area contributed by atoms with Gasteiger partial charge in [0.05, 0.1) is 3.79 Å². The molecule has 1 aliphatic rings. The van der Waals surface area contributed by atoms with E-state index in [-0.39, 0.29) is 12.4 Å². The third kappa shape index (κ3) is 3.80. The molecule has 1 N–H and O–H groups in total. The predicted octanol–water partition coefficient (Wildman–Crippen LogP) is 3.47. The van der Waals surface area contributed by atoms with Crippen LogP contribution in [0.2, 0.25) is 0 Å². The Balaban J connectivity index is 0.00000147. The maximum Gasteiger partial charge on any atom is 0.0701 e. The van der Waals surface area contributed by atoms with E-state index in [0.717, 1.165) is 26.2 Å². The molecular weight excluding hydrogens is 358 g/mol. The van der Waals surface area contributed by atoms with E-state index in [1.165, 1.54) is 14.2 Å². The zero-order valence-electron chi connectivity index (χ0n) is 11.0. The SMILES string of the molecule is Brc1ccc(CN2CCNCC2c2cccnc2)s1.Cl. The molecule has 3 nitrogen and oxygen atoms in total. The normalized spacial score (nSPS) is 19.6. The minimum atomic E-state index is 0. The van der Waals surface area contributed by atoms with E-state index in [2.05, 4.69) is 49.3 Å². The molecule has 1 aliphatic heterocycles. The van der Waals surface area contributed by atoms with E-state index < -0.39 is 0 Å². The van der Waals surface area contributed by atoms with Crippen molar-refractivity contribution in [2.24, 2.45) is 0 Å². The molecule has 6 heteroatoms. The van der Waals surface area contributed by atoms with E-state index in [9.17, 15) is 0 Å². The highest BCUT2D eigenvalue weighted by atomic mass is 79.9. The van der Waals surface area contributed by atoms with Gasteiger partial charge in [-0.3, -0.25) is 9.88 Å². The molecule has 20 heavy (non-hydrogen) atoms. The second-order valence-electron chi connectivity index (χ2n) is 4.68. The van der Waals surface area contributed by atoms with Crippen molar-refractivity contribution in [2.45, 2.75) is 12.6 Å². The van der Waals surface area contributed by atoms with Crippen molar-refractivity contribution in [1.29, 1.82) is 0 Å². The quantitative estimate of drug-likeness (QED) is 0.891. The van der Waals surface area contributed by atoms with Gasteiger partial charge in [-0.1, -0.05) is 6.07 Å². The van der Waals surface area contributed by atoms with Crippen LogP contribution in [-0.4, -0.2) is 29.5 Å². The van der Waals surface area contributed by atoms with Crippen LogP contribution in [-0.2, 0) is 6.54 Å². The highest BCUT2D eigenvalue weighted by Gasteiger charge is 2.24. The van der Waals surface area contributed by atoms with Crippen molar-refractivity contribution >= 4 is 39.7 Å². The van der Waals surface area contributed by atoms with Crippen LogP contribution in [0.15, 0.2) is 40.4 Å². The van der Waals surface area contributed by atoms with Gasteiger partial charge >= 0.3 is 0 Å². The lowest BCUT2D eigenvalue weighted by Gasteiger charge is -2.36. The van der Waals surface area contributed by atoms with Crippen molar-refractivity contribution < 1.29 is 0 Å². The number of thiophene rings is 1. The molecule has 3 heterocycles. The number of halogens is 2. The topological polar surface area (TPSA) is 28.2 Å². The molecule has 0 aliphatic carbocycles. The van der Waals surface area contributed by atoms with Gasteiger partial charge in [0.1, 0.15) is 0 Å². The average Bonchev–Trinajstić information content (AvgIpc) is 2.86. The van der Waals surface area contributed by atoms with Crippen LogP contribution in [0.3, 0.4) is 0 Å². The van der Waals surface area contributed by atoms with Crippen LogP contribution in [0.1, 0.15) is 16.5 Å². The zero-order chi connectivity index (χ0) is 13.1. The summed E-state index contributed by atoms with van der Waals surface area (Å²) in [7, 11) is 0. The second kappa shape index (κ2) is 7.52. The van der Waals surface area contributed by atoms with Gasteiger partial charge in [0.2, 0.25) is 0 Å². The van der Waals surface area contributed by atoms with E-state index in [4.69, 9.17) is 0 Å². The fourth-order valence-electron chi connectivity index (χ4n) is 2.47. The number of hydrogen-bond donors (Lipinski definition) is 1. The number of pyridine rings is 1. The highest BCUT2D eigenvalue weighted by molar-refractivity contribution is 9.11. The van der Waals surface area contributed by atoms with Gasteiger partial charge in [0.15, 0.2) is 0 Å². The first-order chi connectivity index (χ1) is 9.33. The van der Waals surface area contributed by atoms with Crippen LogP contribution in [0, 0.1) is 0 Å². The number of rotatable bonds is 3. The lowest BCUT2D eigenvalue weighted by molar-refractivity contribution is 0.155. The maximum atomic E-state index is 4.25. The van der Waals surface area contributed by atoms with Crippen LogP contribution < -0.4 is 5.32 Å². The van der Waals surface area contributed by atoms with Crippen molar-refractivity contribution in [3.63, 3.8) is 0 Å². The summed E-state index contributed by atoms with van der Waals surface area (Å²) in [4.78, 5) is 8.18. The molecular formula is C14H17BrClN3S. The summed E-state index contributed by atoms with van der Waals surface area (Å²) in [6, 6.07) is 8.94. The predicted molar refractivity (Wildman–Crippen MR) is 89.5 cm³/mol. The lowest BCUT2D eigenvalue weighted by Crippen LogP contribution is -2.45. The van der Waals surface area contributed by atoms with Gasteiger partial charge < -0.3 is 5.32 Å². The first-order valence-electron chi connectivity index (χ1n) is 6.42. The molecule has 0 radical (unpaired) electrons. The van der Waals surface area contributed by atoms with E-state index in [1.54, 1.807) is 0 Å². The molecule has 1 saturated heterocycles. The number of nitrogens with zero attached hydrogens (tertiary/aromatic N) is 2. The van der Waals surface area contributed by atoms with Crippen molar-refractivity contribution in [3.8, 4) is 0 Å². The van der Waals surface area contributed by atoms with Gasteiger partial charge in [0, 0.05) is 49.5 Å². The maximum absolute atomic E-state index is 4.25. The third-order valence-electron chi connectivity index (χ3n) is 3.41. The number of aromatic nitrogens is 1. The Bertz CT molecular complexity index is 534. The van der Waals surface area contributed by atoms with Crippen LogP contribution in [0.5, 0.6) is 0 Å². The Morgan fingerprint density at radius 3 is 3.00 bits per heavy atom. The first-order valence-corrected chi connectivity index (χ1v) is 8.03. The standard InChI is InChI=1S/C14H16BrN3S.ClH/c15-14-4-3-12(19-14)10-18-7-6-17-9-13(18)11-2-1-5-16-8-11;/h1-5,8,13,17H,6-7,9-10H2;1H. The van der Waals surface area contributed by atoms with Gasteiger partial charge in [-0.05, 0) is 39.7 Å². The monoisotopic (exact) mass is 373 g/mol. The highest BCUT2D eigenvalue weighted by Crippen LogP contribution is 2.28. The Kier molecular flexibility index (Phi) is 5.99. The molecule has 0 aromatic carbocycles. The Labute approximate surface area is 137 Å². The summed E-state index contributed by atoms with van der Waals surface area (Å²) in [5.74, 6) is 0. The molecule has 0 saturated carbocycles. The lowest BCUT2D eigenvalue weighted by atomic mass is 10.1. The van der Waals surface area contributed by atoms with E-state index in [1.807, 2.05) is 29.8 Å². The average molecular weight is 375 g/mol. The van der Waals surface area contributed by atoms with Gasteiger partial charge in [-0.15, -0.1) is 23.7 Å². The summed E-state index contributed by atoms with van der Waals surface area (Å²) in [6.07, 6.45) is 3.81. The molecule has 2 aromatic rings. The molecule has 0 bridgehead atoms. The van der Waals surface area contributed by atoms with Gasteiger partial charge in [0.25, 0.3) is 0 Å². The number of nitrogens with one attached hydrogen (secondary N) is 1. The van der Waals surface area contributed by atoms with Crippen LogP contribution >= 0.6 is 39.7 Å². The molecule has 0 spiro atoms. The first kappa shape index (κ1) is 15.9. The van der Waals surface area contributed by atoms with Crippen LogP contribution in [0.25, 0.3) is 0 Å². The Morgan fingerprint density at radius 1 is 1.40 bits per heavy atom. The van der Waals surface area contributed by atoms with Crippen LogP contribution in [0.4, 0.5) is 0 Å². The molecule has 1 fully saturated rings. The van der Waals surface area contributed by atoms with E-state index >= 15 is 0 Å². The number of hydrogen-bond acceptors (Lipinski definition) is 4. The molecule has 1 unspecified atom stereocenters. The summed E-state index contributed by atoms with van der Waals surface area (Å²) in [5.41, 5.74) is 1.30. The second-order valence-corrected chi connectivity index (χ2v) is 7.23. The molecule has 3 rings (SSSR count). The molecule has 0 amide bonds. The zero-order valence-corrected chi connectivity index (χ0v) is 14.2. The molecule has 108 valence electrons. The fraction of sp³-hybridized carbons (Fsp3) is 0.357. The third-order valence-corrected chi connectivity index (χ3v) is 5.02. The smallest absolute Gasteiger partial charge is 0.0701 e. The van der Waals surface area contributed by atoms with Crippen molar-refractivity contribution in [3.05, 3.63) is 50.9 Å². The minimum absolute atomic E-state index is 0. The summed E-state index contributed by atoms with van der Waals surface area (Å²) in [6.45, 7) is 4.15. The fourth-order valence-corrected chi connectivity index (χ4v) is 3.98. The van der Waals surface area contributed by atoms with Crippen molar-refractivity contribution in [1.82, 2.24) is 15.2 Å². The Hall–Kier alpha value is -0.460. The van der Waals surface area contributed by atoms with Crippen molar-refractivity contribution in [2.75, 3.05) is 19.6 Å². The van der Waals surface area contributed by atoms with E-state index in [0.29, 0.717) is 6.04 Å². The van der Waals surface area contributed by atoms with Gasteiger partial charge in [-0.2, -0.15) is 0 Å². The van der Waals surface area contributed by atoms with Gasteiger partial charge in [-0.25, -0.2) is 0 Å². The summed E-state index contributed by atoms with van der Waals surface area (Å²) < 4.78 is 1.20. The molecule has 2 aromatic heterocycles. The summed E-state index contributed by atoms with van der Waals surface area (Å²) >= 11 is 5.35. The number of piperazine rings is 1. The Morgan fingerprint density at radius 2 is 2.30 bits per heavy atom.